The van der Waals surface area contributed by atoms with Crippen LogP contribution in [0, 0.1) is 0 Å². The Hall–Kier alpha value is -3.58. The highest BCUT2D eigenvalue weighted by Gasteiger charge is 2.15. The van der Waals surface area contributed by atoms with Crippen molar-refractivity contribution in [1.82, 2.24) is 14.5 Å². The van der Waals surface area contributed by atoms with Gasteiger partial charge in [-0.2, -0.15) is 0 Å². The second-order valence-electron chi connectivity index (χ2n) is 7.04. The molecule has 0 saturated heterocycles. The van der Waals surface area contributed by atoms with Gasteiger partial charge in [0.25, 0.3) is 5.56 Å². The van der Waals surface area contributed by atoms with E-state index in [2.05, 4.69) is 5.32 Å². The number of nitrogens with one attached hydrogen (secondary N) is 1. The largest absolute Gasteiger partial charge is 0.467 e. The summed E-state index contributed by atoms with van der Waals surface area (Å²) >= 11 is 6.28. The Balaban J connectivity index is 1.64. The number of furan rings is 1. The van der Waals surface area contributed by atoms with Crippen LogP contribution in [-0.4, -0.2) is 15.0 Å². The predicted molar refractivity (Wildman–Crippen MR) is 118 cm³/mol. The van der Waals surface area contributed by atoms with Gasteiger partial charge in [0.1, 0.15) is 5.76 Å². The molecule has 7 nitrogen and oxygen atoms in total. The van der Waals surface area contributed by atoms with Crippen molar-refractivity contribution in [2.24, 2.45) is 0 Å². The van der Waals surface area contributed by atoms with Crippen LogP contribution >= 0.6 is 11.6 Å². The van der Waals surface area contributed by atoms with Crippen LogP contribution in [0.1, 0.15) is 17.7 Å². The molecule has 0 spiro atoms. The maximum Gasteiger partial charge on any atom is 0.331 e. The SMILES string of the molecule is O=C(CCn1c(=O)c2ccccc2n(Cc2ccccc2Cl)c1=O)NCc1ccco1. The Morgan fingerprint density at radius 1 is 0.968 bits per heavy atom. The average Bonchev–Trinajstić information content (AvgIpc) is 3.30. The van der Waals surface area contributed by atoms with E-state index in [-0.39, 0.29) is 32.0 Å². The Labute approximate surface area is 182 Å². The van der Waals surface area contributed by atoms with Crippen LogP contribution in [0.15, 0.2) is 80.9 Å². The van der Waals surface area contributed by atoms with E-state index in [1.807, 2.05) is 18.2 Å². The van der Waals surface area contributed by atoms with Crippen LogP contribution in [0.5, 0.6) is 0 Å². The fourth-order valence-corrected chi connectivity index (χ4v) is 3.61. The number of nitrogens with zero attached hydrogens (tertiary/aromatic N) is 2. The van der Waals surface area contributed by atoms with Gasteiger partial charge in [-0.1, -0.05) is 41.9 Å². The second kappa shape index (κ2) is 9.06. The first-order chi connectivity index (χ1) is 15.0. The molecule has 0 bridgehead atoms. The summed E-state index contributed by atoms with van der Waals surface area (Å²) in [5.41, 5.74) is 0.381. The number of para-hydroxylation sites is 1. The summed E-state index contributed by atoms with van der Waals surface area (Å²) in [6.07, 6.45) is 1.51. The number of carbonyl (C=O) groups is 1. The van der Waals surface area contributed by atoms with E-state index in [0.717, 1.165) is 10.1 Å². The van der Waals surface area contributed by atoms with Crippen LogP contribution in [0.3, 0.4) is 0 Å². The number of hydrogen-bond donors (Lipinski definition) is 1. The molecule has 0 aliphatic rings. The molecule has 0 unspecified atom stereocenters. The molecule has 1 N–H and O–H groups in total. The third-order valence-electron chi connectivity index (χ3n) is 5.02. The van der Waals surface area contributed by atoms with Crippen LogP contribution < -0.4 is 16.6 Å². The maximum absolute atomic E-state index is 13.2. The first kappa shape index (κ1) is 20.7. The highest BCUT2D eigenvalue weighted by Crippen LogP contribution is 2.17. The number of fused-ring (bicyclic) bond motifs is 1. The van der Waals surface area contributed by atoms with E-state index < -0.39 is 11.2 Å². The lowest BCUT2D eigenvalue weighted by Gasteiger charge is -2.15. The summed E-state index contributed by atoms with van der Waals surface area (Å²) in [7, 11) is 0. The highest BCUT2D eigenvalue weighted by molar-refractivity contribution is 6.31. The molecule has 2 aromatic heterocycles. The number of hydrogen-bond acceptors (Lipinski definition) is 4. The van der Waals surface area contributed by atoms with Gasteiger partial charge in [0, 0.05) is 18.0 Å². The van der Waals surface area contributed by atoms with Crippen molar-refractivity contribution in [3.63, 3.8) is 0 Å². The van der Waals surface area contributed by atoms with E-state index >= 15 is 0 Å². The van der Waals surface area contributed by atoms with Crippen molar-refractivity contribution in [2.75, 3.05) is 0 Å². The van der Waals surface area contributed by atoms with E-state index in [9.17, 15) is 14.4 Å². The summed E-state index contributed by atoms with van der Waals surface area (Å²) in [5.74, 6) is 0.340. The van der Waals surface area contributed by atoms with Crippen LogP contribution in [0.25, 0.3) is 10.9 Å². The Kier molecular flexibility index (Phi) is 6.04. The molecular formula is C23H20ClN3O4. The van der Waals surface area contributed by atoms with Crippen LogP contribution in [-0.2, 0) is 24.4 Å². The maximum atomic E-state index is 13.2. The van der Waals surface area contributed by atoms with Gasteiger partial charge in [0.2, 0.25) is 5.91 Å². The standard InChI is InChI=1S/C23H20ClN3O4/c24-19-9-3-1-6-16(19)15-27-20-10-4-2-8-18(20)22(29)26(23(27)30)12-11-21(28)25-14-17-7-5-13-31-17/h1-10,13H,11-12,14-15H2,(H,25,28). The lowest BCUT2D eigenvalue weighted by atomic mass is 10.2. The van der Waals surface area contributed by atoms with Crippen molar-refractivity contribution in [1.29, 1.82) is 0 Å². The number of carbonyl (C=O) groups excluding carboxylic acids is 1. The minimum atomic E-state index is -0.484. The third-order valence-corrected chi connectivity index (χ3v) is 5.39. The summed E-state index contributed by atoms with van der Waals surface area (Å²) in [4.78, 5) is 38.4. The molecule has 2 heterocycles. The summed E-state index contributed by atoms with van der Waals surface area (Å²) in [5, 5.41) is 3.66. The van der Waals surface area contributed by atoms with Crippen molar-refractivity contribution < 1.29 is 9.21 Å². The summed E-state index contributed by atoms with van der Waals surface area (Å²) in [6, 6.07) is 17.7. The van der Waals surface area contributed by atoms with Crippen molar-refractivity contribution >= 4 is 28.4 Å². The Morgan fingerprint density at radius 3 is 2.52 bits per heavy atom. The zero-order valence-corrected chi connectivity index (χ0v) is 17.3. The number of halogens is 1. The molecule has 4 rings (SSSR count). The van der Waals surface area contributed by atoms with Gasteiger partial charge in [0.05, 0.1) is 30.3 Å². The number of rotatable bonds is 7. The van der Waals surface area contributed by atoms with Gasteiger partial charge in [-0.05, 0) is 35.9 Å². The smallest absolute Gasteiger partial charge is 0.331 e. The molecule has 4 aromatic rings. The molecule has 31 heavy (non-hydrogen) atoms. The molecule has 8 heteroatoms. The monoisotopic (exact) mass is 437 g/mol. The first-order valence-electron chi connectivity index (χ1n) is 9.79. The lowest BCUT2D eigenvalue weighted by Crippen LogP contribution is -2.41. The molecule has 0 aliphatic heterocycles. The van der Waals surface area contributed by atoms with Crippen LogP contribution in [0.4, 0.5) is 0 Å². The van der Waals surface area contributed by atoms with Crippen molar-refractivity contribution in [3.8, 4) is 0 Å². The molecule has 0 saturated carbocycles. The number of aromatic nitrogens is 2. The highest BCUT2D eigenvalue weighted by atomic mass is 35.5. The summed E-state index contributed by atoms with van der Waals surface area (Å²) in [6.45, 7) is 0.425. The summed E-state index contributed by atoms with van der Waals surface area (Å²) < 4.78 is 7.80. The minimum Gasteiger partial charge on any atom is -0.467 e. The van der Waals surface area contributed by atoms with Gasteiger partial charge in [-0.15, -0.1) is 0 Å². The fraction of sp³-hybridized carbons (Fsp3) is 0.174. The van der Waals surface area contributed by atoms with E-state index in [0.29, 0.717) is 21.7 Å². The third kappa shape index (κ3) is 4.46. The number of benzene rings is 2. The molecule has 0 fully saturated rings. The topological polar surface area (TPSA) is 86.2 Å². The van der Waals surface area contributed by atoms with E-state index in [1.165, 1.54) is 10.8 Å². The van der Waals surface area contributed by atoms with Gasteiger partial charge in [0.15, 0.2) is 0 Å². The Bertz CT molecular complexity index is 1340. The Morgan fingerprint density at radius 2 is 1.74 bits per heavy atom. The predicted octanol–water partition coefficient (Wildman–Crippen LogP) is 3.16. The molecule has 0 atom stereocenters. The van der Waals surface area contributed by atoms with Gasteiger partial charge < -0.3 is 9.73 Å². The van der Waals surface area contributed by atoms with Gasteiger partial charge >= 0.3 is 5.69 Å². The fourth-order valence-electron chi connectivity index (χ4n) is 3.42. The van der Waals surface area contributed by atoms with Crippen molar-refractivity contribution in [3.05, 3.63) is 104 Å². The minimum absolute atomic E-state index is 0.0136. The van der Waals surface area contributed by atoms with Gasteiger partial charge in [-0.25, -0.2) is 4.79 Å². The molecule has 1 amide bonds. The van der Waals surface area contributed by atoms with E-state index in [1.54, 1.807) is 42.5 Å². The quantitative estimate of drug-likeness (QED) is 0.481. The number of amides is 1. The zero-order chi connectivity index (χ0) is 21.8. The second-order valence-corrected chi connectivity index (χ2v) is 7.45. The molecule has 158 valence electrons. The molecule has 0 radical (unpaired) electrons. The molecular weight excluding hydrogens is 418 g/mol. The zero-order valence-electron chi connectivity index (χ0n) is 16.6. The van der Waals surface area contributed by atoms with Gasteiger partial charge in [-0.3, -0.25) is 18.7 Å². The lowest BCUT2D eigenvalue weighted by molar-refractivity contribution is -0.121. The van der Waals surface area contributed by atoms with Crippen molar-refractivity contribution in [2.45, 2.75) is 26.1 Å². The molecule has 2 aromatic carbocycles. The molecule has 0 aliphatic carbocycles. The van der Waals surface area contributed by atoms with Crippen LogP contribution in [0.2, 0.25) is 5.02 Å². The first-order valence-corrected chi connectivity index (χ1v) is 10.2. The normalized spacial score (nSPS) is 11.0. The van der Waals surface area contributed by atoms with E-state index in [4.69, 9.17) is 16.0 Å². The average molecular weight is 438 g/mol.